The Morgan fingerprint density at radius 2 is 2.12 bits per heavy atom. The van der Waals surface area contributed by atoms with Crippen LogP contribution in [0.4, 0.5) is 0 Å². The molecular weight excluding hydrogens is 210 g/mol. The van der Waals surface area contributed by atoms with Crippen LogP contribution in [-0.4, -0.2) is 22.4 Å². The minimum atomic E-state index is 0.740. The van der Waals surface area contributed by atoms with Crippen molar-refractivity contribution < 1.29 is 0 Å². The highest BCUT2D eigenvalue weighted by molar-refractivity contribution is 5.14. The topological polar surface area (TPSA) is 29.9 Å². The van der Waals surface area contributed by atoms with Gasteiger partial charge in [0.2, 0.25) is 0 Å². The third-order valence-electron chi connectivity index (χ3n) is 4.31. The van der Waals surface area contributed by atoms with Gasteiger partial charge in [-0.2, -0.15) is 5.10 Å². The van der Waals surface area contributed by atoms with Crippen LogP contribution in [0, 0.1) is 5.92 Å². The van der Waals surface area contributed by atoms with Gasteiger partial charge in [0.05, 0.1) is 6.20 Å². The van der Waals surface area contributed by atoms with Crippen LogP contribution in [0.15, 0.2) is 12.4 Å². The lowest BCUT2D eigenvalue weighted by atomic mass is 9.76. The first kappa shape index (κ1) is 11.3. The molecule has 0 aromatic carbocycles. The van der Waals surface area contributed by atoms with Gasteiger partial charge in [-0.05, 0) is 49.6 Å². The van der Waals surface area contributed by atoms with Crippen molar-refractivity contribution in [1.82, 2.24) is 15.1 Å². The van der Waals surface area contributed by atoms with Gasteiger partial charge in [0, 0.05) is 19.3 Å². The lowest BCUT2D eigenvalue weighted by Crippen LogP contribution is -2.30. The highest BCUT2D eigenvalue weighted by Crippen LogP contribution is 2.37. The second kappa shape index (κ2) is 4.81. The van der Waals surface area contributed by atoms with E-state index >= 15 is 0 Å². The molecule has 2 aliphatic rings. The molecule has 0 radical (unpaired) electrons. The van der Waals surface area contributed by atoms with Gasteiger partial charge in [0.15, 0.2) is 0 Å². The fourth-order valence-electron chi connectivity index (χ4n) is 3.13. The molecule has 3 rings (SSSR count). The Labute approximate surface area is 104 Å². The maximum absolute atomic E-state index is 4.33. The molecule has 2 saturated carbocycles. The van der Waals surface area contributed by atoms with Crippen molar-refractivity contribution in [3.05, 3.63) is 18.0 Å². The summed E-state index contributed by atoms with van der Waals surface area (Å²) in [5.74, 6) is 1.57. The van der Waals surface area contributed by atoms with Crippen LogP contribution in [0.1, 0.15) is 50.0 Å². The van der Waals surface area contributed by atoms with Crippen LogP contribution in [-0.2, 0) is 7.05 Å². The maximum atomic E-state index is 4.33. The highest BCUT2D eigenvalue weighted by atomic mass is 15.2. The molecule has 94 valence electrons. The van der Waals surface area contributed by atoms with E-state index in [9.17, 15) is 0 Å². The zero-order chi connectivity index (χ0) is 11.7. The summed E-state index contributed by atoms with van der Waals surface area (Å²) in [7, 11) is 2.02. The normalized spacial score (nSPS) is 29.5. The van der Waals surface area contributed by atoms with Crippen LogP contribution in [0.2, 0.25) is 0 Å². The van der Waals surface area contributed by atoms with E-state index in [1.165, 1.54) is 50.6 Å². The first-order valence-electron chi connectivity index (χ1n) is 7.05. The van der Waals surface area contributed by atoms with E-state index in [2.05, 4.69) is 22.8 Å². The van der Waals surface area contributed by atoms with E-state index in [0.717, 1.165) is 17.9 Å². The van der Waals surface area contributed by atoms with Gasteiger partial charge in [-0.1, -0.05) is 12.8 Å². The van der Waals surface area contributed by atoms with E-state index in [0.29, 0.717) is 0 Å². The number of aromatic nitrogens is 2. The Morgan fingerprint density at radius 1 is 1.29 bits per heavy atom. The Kier molecular flexibility index (Phi) is 3.19. The second-order valence-corrected chi connectivity index (χ2v) is 5.78. The minimum absolute atomic E-state index is 0.740. The van der Waals surface area contributed by atoms with Gasteiger partial charge in [-0.25, -0.2) is 0 Å². The van der Waals surface area contributed by atoms with Gasteiger partial charge in [-0.3, -0.25) is 4.68 Å². The quantitative estimate of drug-likeness (QED) is 0.865. The van der Waals surface area contributed by atoms with Crippen LogP contribution >= 0.6 is 0 Å². The zero-order valence-electron chi connectivity index (χ0n) is 10.7. The van der Waals surface area contributed by atoms with Gasteiger partial charge in [0.25, 0.3) is 0 Å². The van der Waals surface area contributed by atoms with E-state index in [4.69, 9.17) is 0 Å². The zero-order valence-corrected chi connectivity index (χ0v) is 10.7. The second-order valence-electron chi connectivity index (χ2n) is 5.78. The number of nitrogens with one attached hydrogen (secondary N) is 1. The van der Waals surface area contributed by atoms with E-state index in [-0.39, 0.29) is 0 Å². The fourth-order valence-corrected chi connectivity index (χ4v) is 3.13. The average Bonchev–Trinajstić information content (AvgIpc) is 3.08. The lowest BCUT2D eigenvalue weighted by Gasteiger charge is -2.31. The third kappa shape index (κ3) is 2.71. The van der Waals surface area contributed by atoms with Crippen molar-refractivity contribution in [1.29, 1.82) is 0 Å². The largest absolute Gasteiger partial charge is 0.314 e. The summed E-state index contributed by atoms with van der Waals surface area (Å²) in [4.78, 5) is 0. The first-order valence-corrected chi connectivity index (χ1v) is 7.05. The highest BCUT2D eigenvalue weighted by Gasteiger charge is 2.29. The summed E-state index contributed by atoms with van der Waals surface area (Å²) in [5, 5.41) is 8.04. The Morgan fingerprint density at radius 3 is 2.82 bits per heavy atom. The molecule has 0 amide bonds. The van der Waals surface area contributed by atoms with Crippen molar-refractivity contribution >= 4 is 0 Å². The fraction of sp³-hybridized carbons (Fsp3) is 0.786. The summed E-state index contributed by atoms with van der Waals surface area (Å²) in [5.41, 5.74) is 1.45. The number of rotatable bonds is 4. The van der Waals surface area contributed by atoms with Crippen LogP contribution in [0.3, 0.4) is 0 Å². The third-order valence-corrected chi connectivity index (χ3v) is 4.31. The Balaban J connectivity index is 1.65. The predicted molar refractivity (Wildman–Crippen MR) is 68.9 cm³/mol. The molecule has 1 heterocycles. The summed E-state index contributed by atoms with van der Waals surface area (Å²) in [6.07, 6.45) is 12.6. The number of hydrogen-bond acceptors (Lipinski definition) is 2. The van der Waals surface area contributed by atoms with Crippen LogP contribution in [0.25, 0.3) is 0 Å². The standard InChI is InChI=1S/C14H23N3/c1-17-10-12(9-16-17)14-5-3-2-4-11(14)8-15-13-6-7-13/h9-11,13-15H,2-8H2,1H3. The molecule has 2 atom stereocenters. The maximum Gasteiger partial charge on any atom is 0.0524 e. The molecule has 0 bridgehead atoms. The molecule has 2 fully saturated rings. The van der Waals surface area contributed by atoms with Gasteiger partial charge < -0.3 is 5.32 Å². The van der Waals surface area contributed by atoms with E-state index < -0.39 is 0 Å². The van der Waals surface area contributed by atoms with Gasteiger partial charge >= 0.3 is 0 Å². The molecule has 1 aromatic heterocycles. The summed E-state index contributed by atoms with van der Waals surface area (Å²) >= 11 is 0. The molecule has 3 heteroatoms. The molecule has 17 heavy (non-hydrogen) atoms. The van der Waals surface area contributed by atoms with E-state index in [1.807, 2.05) is 11.7 Å². The van der Waals surface area contributed by atoms with Gasteiger partial charge in [-0.15, -0.1) is 0 Å². The Hall–Kier alpha value is -0.830. The molecule has 0 spiro atoms. The summed E-state index contributed by atoms with van der Waals surface area (Å²) in [6, 6.07) is 0.839. The van der Waals surface area contributed by atoms with E-state index in [1.54, 1.807) is 0 Å². The van der Waals surface area contributed by atoms with Gasteiger partial charge in [0.1, 0.15) is 0 Å². The smallest absolute Gasteiger partial charge is 0.0524 e. The number of aryl methyl sites for hydroxylation is 1. The molecule has 1 aromatic rings. The van der Waals surface area contributed by atoms with Crippen molar-refractivity contribution in [2.75, 3.05) is 6.54 Å². The van der Waals surface area contributed by atoms with Crippen molar-refractivity contribution in [3.63, 3.8) is 0 Å². The minimum Gasteiger partial charge on any atom is -0.314 e. The lowest BCUT2D eigenvalue weighted by molar-refractivity contribution is 0.295. The SMILES string of the molecule is Cn1cc(C2CCCCC2CNC2CC2)cn1. The predicted octanol–water partition coefficient (Wildman–Crippen LogP) is 2.45. The summed E-state index contributed by atoms with van der Waals surface area (Å²) in [6.45, 7) is 1.21. The molecular formula is C14H23N3. The molecule has 1 N–H and O–H groups in total. The molecule has 0 saturated heterocycles. The monoisotopic (exact) mass is 233 g/mol. The summed E-state index contributed by atoms with van der Waals surface area (Å²) < 4.78 is 1.94. The Bertz CT molecular complexity index is 367. The number of nitrogens with zero attached hydrogens (tertiary/aromatic N) is 2. The molecule has 2 unspecified atom stereocenters. The first-order chi connectivity index (χ1) is 8.33. The average molecular weight is 233 g/mol. The molecule has 0 aliphatic heterocycles. The van der Waals surface area contributed by atoms with Crippen molar-refractivity contribution in [2.24, 2.45) is 13.0 Å². The molecule has 2 aliphatic carbocycles. The number of hydrogen-bond donors (Lipinski definition) is 1. The van der Waals surface area contributed by atoms with Crippen LogP contribution in [0.5, 0.6) is 0 Å². The van der Waals surface area contributed by atoms with Crippen molar-refractivity contribution in [3.8, 4) is 0 Å². The van der Waals surface area contributed by atoms with Crippen molar-refractivity contribution in [2.45, 2.75) is 50.5 Å². The van der Waals surface area contributed by atoms with Crippen LogP contribution < -0.4 is 5.32 Å². The molecule has 3 nitrogen and oxygen atoms in total.